The molecule has 2 aromatic heterocycles. The molecule has 0 amide bonds. The molecule has 0 spiro atoms. The highest BCUT2D eigenvalue weighted by Gasteiger charge is 2.12. The number of nitrogens with zero attached hydrogens (tertiary/aromatic N) is 4. The van der Waals surface area contributed by atoms with Gasteiger partial charge in [0.1, 0.15) is 17.4 Å². The first-order valence-corrected chi connectivity index (χ1v) is 8.20. The third kappa shape index (κ3) is 4.21. The van der Waals surface area contributed by atoms with Crippen LogP contribution in [0.5, 0.6) is 0 Å². The van der Waals surface area contributed by atoms with Crippen molar-refractivity contribution in [2.24, 2.45) is 0 Å². The fraction of sp³-hybridized carbons (Fsp3) is 0.278. The zero-order valence-corrected chi connectivity index (χ0v) is 14.9. The highest BCUT2D eigenvalue weighted by molar-refractivity contribution is 5.87. The SMILES string of the molecule is COC(=O)CC(C)Nc1ncc2ncnc(Nc3cccc(C)c3)c2n1. The van der Waals surface area contributed by atoms with E-state index in [2.05, 4.69) is 35.3 Å². The van der Waals surface area contributed by atoms with Crippen molar-refractivity contribution in [2.45, 2.75) is 26.3 Å². The number of hydrogen-bond acceptors (Lipinski definition) is 8. The summed E-state index contributed by atoms with van der Waals surface area (Å²) in [6, 6.07) is 7.80. The van der Waals surface area contributed by atoms with Gasteiger partial charge in [-0.1, -0.05) is 12.1 Å². The first-order chi connectivity index (χ1) is 12.5. The normalized spacial score (nSPS) is 11.8. The van der Waals surface area contributed by atoms with Crippen molar-refractivity contribution in [3.8, 4) is 0 Å². The van der Waals surface area contributed by atoms with Gasteiger partial charge in [0.05, 0.1) is 19.7 Å². The lowest BCUT2D eigenvalue weighted by molar-refractivity contribution is -0.140. The highest BCUT2D eigenvalue weighted by Crippen LogP contribution is 2.22. The summed E-state index contributed by atoms with van der Waals surface area (Å²) in [5.41, 5.74) is 3.28. The number of methoxy groups -OCH3 is 1. The second-order valence-electron chi connectivity index (χ2n) is 5.97. The summed E-state index contributed by atoms with van der Waals surface area (Å²) in [4.78, 5) is 28.6. The van der Waals surface area contributed by atoms with E-state index >= 15 is 0 Å². The maximum atomic E-state index is 11.4. The zero-order chi connectivity index (χ0) is 18.5. The minimum absolute atomic E-state index is 0.169. The van der Waals surface area contributed by atoms with Crippen molar-refractivity contribution in [2.75, 3.05) is 17.7 Å². The number of nitrogens with one attached hydrogen (secondary N) is 2. The Hall–Kier alpha value is -3.29. The number of aryl methyl sites for hydroxylation is 1. The number of anilines is 3. The quantitative estimate of drug-likeness (QED) is 0.653. The first kappa shape index (κ1) is 17.5. The Kier molecular flexibility index (Phi) is 5.21. The number of esters is 1. The van der Waals surface area contributed by atoms with Crippen LogP contribution in [0.1, 0.15) is 18.9 Å². The van der Waals surface area contributed by atoms with Crippen molar-refractivity contribution >= 4 is 34.5 Å². The third-order valence-electron chi connectivity index (χ3n) is 3.73. The molecule has 8 nitrogen and oxygen atoms in total. The Balaban J connectivity index is 1.86. The van der Waals surface area contributed by atoms with Crippen molar-refractivity contribution in [1.82, 2.24) is 19.9 Å². The molecular weight excluding hydrogens is 332 g/mol. The predicted octanol–water partition coefficient (Wildman–Crippen LogP) is 2.84. The van der Waals surface area contributed by atoms with Crippen LogP contribution in [0.4, 0.5) is 17.5 Å². The number of carbonyl (C=O) groups is 1. The molecule has 0 fully saturated rings. The summed E-state index contributed by atoms with van der Waals surface area (Å²) in [5, 5.41) is 6.36. The minimum atomic E-state index is -0.295. The molecule has 3 aromatic rings. The van der Waals surface area contributed by atoms with E-state index in [1.165, 1.54) is 13.4 Å². The monoisotopic (exact) mass is 352 g/mol. The smallest absolute Gasteiger partial charge is 0.307 e. The van der Waals surface area contributed by atoms with Crippen molar-refractivity contribution in [3.05, 3.63) is 42.4 Å². The Morgan fingerprint density at radius 3 is 2.88 bits per heavy atom. The Morgan fingerprint density at radius 2 is 2.12 bits per heavy atom. The van der Waals surface area contributed by atoms with Crippen LogP contribution in [0.3, 0.4) is 0 Å². The molecule has 0 bridgehead atoms. The van der Waals surface area contributed by atoms with Gasteiger partial charge in [-0.05, 0) is 31.5 Å². The van der Waals surface area contributed by atoms with E-state index < -0.39 is 0 Å². The number of rotatable bonds is 6. The first-order valence-electron chi connectivity index (χ1n) is 8.20. The zero-order valence-electron chi connectivity index (χ0n) is 14.9. The van der Waals surface area contributed by atoms with Crippen LogP contribution in [0.15, 0.2) is 36.8 Å². The van der Waals surface area contributed by atoms with Crippen molar-refractivity contribution in [1.29, 1.82) is 0 Å². The van der Waals surface area contributed by atoms with Gasteiger partial charge in [-0.25, -0.2) is 19.9 Å². The maximum Gasteiger partial charge on any atom is 0.307 e. The minimum Gasteiger partial charge on any atom is -0.469 e. The molecule has 2 N–H and O–H groups in total. The molecule has 0 saturated carbocycles. The molecule has 8 heteroatoms. The van der Waals surface area contributed by atoms with E-state index in [1.54, 1.807) is 6.20 Å². The van der Waals surface area contributed by atoms with Gasteiger partial charge >= 0.3 is 5.97 Å². The molecule has 0 aliphatic rings. The maximum absolute atomic E-state index is 11.4. The molecule has 0 radical (unpaired) electrons. The van der Waals surface area contributed by atoms with Crippen LogP contribution in [0, 0.1) is 6.92 Å². The standard InChI is InChI=1S/C18H20N6O2/c1-11-5-4-6-13(7-11)23-17-16-14(20-10-21-17)9-19-18(24-16)22-12(2)8-15(25)26-3/h4-7,9-10,12H,8H2,1-3H3,(H,19,22,24)(H,20,21,23). The molecule has 1 aromatic carbocycles. The van der Waals surface area contributed by atoms with Gasteiger partial charge in [0, 0.05) is 11.7 Å². The molecule has 3 rings (SSSR count). The summed E-state index contributed by atoms with van der Waals surface area (Å²) in [6.45, 7) is 3.88. The number of fused-ring (bicyclic) bond motifs is 1. The Morgan fingerprint density at radius 1 is 1.27 bits per heavy atom. The summed E-state index contributed by atoms with van der Waals surface area (Å²) >= 11 is 0. The average Bonchev–Trinajstić information content (AvgIpc) is 2.62. The molecule has 0 aliphatic heterocycles. The van der Waals surface area contributed by atoms with Crippen LogP contribution in [-0.4, -0.2) is 39.1 Å². The molecule has 1 unspecified atom stereocenters. The second kappa shape index (κ2) is 7.73. The van der Waals surface area contributed by atoms with Crippen LogP contribution in [-0.2, 0) is 9.53 Å². The summed E-state index contributed by atoms with van der Waals surface area (Å²) in [7, 11) is 1.36. The molecule has 134 valence electrons. The topological polar surface area (TPSA) is 102 Å². The van der Waals surface area contributed by atoms with Crippen molar-refractivity contribution in [3.63, 3.8) is 0 Å². The molecule has 0 saturated heterocycles. The van der Waals surface area contributed by atoms with Crippen LogP contribution in [0.25, 0.3) is 11.0 Å². The van der Waals surface area contributed by atoms with Gasteiger partial charge in [-0.15, -0.1) is 0 Å². The predicted molar refractivity (Wildman–Crippen MR) is 99.3 cm³/mol. The van der Waals surface area contributed by atoms with E-state index in [-0.39, 0.29) is 18.4 Å². The number of ether oxygens (including phenoxy) is 1. The van der Waals surface area contributed by atoms with E-state index in [0.717, 1.165) is 11.3 Å². The van der Waals surface area contributed by atoms with Crippen LogP contribution < -0.4 is 10.6 Å². The highest BCUT2D eigenvalue weighted by atomic mass is 16.5. The molecule has 2 heterocycles. The van der Waals surface area contributed by atoms with E-state index in [4.69, 9.17) is 0 Å². The fourth-order valence-corrected chi connectivity index (χ4v) is 2.48. The van der Waals surface area contributed by atoms with Gasteiger partial charge in [-0.2, -0.15) is 0 Å². The largest absolute Gasteiger partial charge is 0.469 e. The number of aromatic nitrogens is 4. The fourth-order valence-electron chi connectivity index (χ4n) is 2.48. The second-order valence-corrected chi connectivity index (χ2v) is 5.97. The number of carbonyl (C=O) groups excluding carboxylic acids is 1. The lowest BCUT2D eigenvalue weighted by Gasteiger charge is -2.13. The third-order valence-corrected chi connectivity index (χ3v) is 3.73. The Labute approximate surface area is 151 Å². The Bertz CT molecular complexity index is 930. The lowest BCUT2D eigenvalue weighted by atomic mass is 10.2. The van der Waals surface area contributed by atoms with Crippen molar-refractivity contribution < 1.29 is 9.53 Å². The molecule has 1 atom stereocenters. The van der Waals surface area contributed by atoms with E-state index in [9.17, 15) is 4.79 Å². The summed E-state index contributed by atoms with van der Waals surface area (Å²) in [6.07, 6.45) is 3.31. The van der Waals surface area contributed by atoms with Gasteiger partial charge in [0.25, 0.3) is 0 Å². The number of benzene rings is 1. The summed E-state index contributed by atoms with van der Waals surface area (Å²) in [5.74, 6) is 0.693. The molecule has 26 heavy (non-hydrogen) atoms. The van der Waals surface area contributed by atoms with Gasteiger partial charge in [-0.3, -0.25) is 4.79 Å². The van der Waals surface area contributed by atoms with E-state index in [0.29, 0.717) is 22.8 Å². The lowest BCUT2D eigenvalue weighted by Crippen LogP contribution is -2.21. The molecule has 0 aliphatic carbocycles. The van der Waals surface area contributed by atoms with Gasteiger partial charge in [0.15, 0.2) is 5.82 Å². The van der Waals surface area contributed by atoms with Gasteiger partial charge in [0.2, 0.25) is 5.95 Å². The molecular formula is C18H20N6O2. The average molecular weight is 352 g/mol. The summed E-state index contributed by atoms with van der Waals surface area (Å²) < 4.78 is 4.67. The van der Waals surface area contributed by atoms with E-state index in [1.807, 2.05) is 38.1 Å². The van der Waals surface area contributed by atoms with Crippen LogP contribution >= 0.6 is 0 Å². The van der Waals surface area contributed by atoms with Gasteiger partial charge < -0.3 is 15.4 Å². The number of hydrogen-bond donors (Lipinski definition) is 2. The van der Waals surface area contributed by atoms with Crippen LogP contribution in [0.2, 0.25) is 0 Å².